The Labute approximate surface area is 185 Å². The van der Waals surface area contributed by atoms with E-state index in [2.05, 4.69) is 68.1 Å². The van der Waals surface area contributed by atoms with Crippen LogP contribution in [0, 0.1) is 0 Å². The van der Waals surface area contributed by atoms with Crippen LogP contribution in [0.1, 0.15) is 89.5 Å². The normalized spacial score (nSPS) is 13.3. The number of halogens is 1. The molecule has 2 aromatic rings. The molecule has 1 unspecified atom stereocenters. The van der Waals surface area contributed by atoms with Gasteiger partial charge in [-0.2, -0.15) is 11.1 Å². The van der Waals surface area contributed by atoms with Gasteiger partial charge in [0.25, 0.3) is 0 Å². The van der Waals surface area contributed by atoms with Crippen molar-refractivity contribution in [2.75, 3.05) is 0 Å². The molecule has 2 aromatic carbocycles. The SMILES string of the molecule is CCCCCCCCCCCCCCc1ccc([Si](C)(Cl)c2ccccc2)cc1. The zero-order valence-corrected chi connectivity index (χ0v) is 20.5. The van der Waals surface area contributed by atoms with Crippen LogP contribution in [0.25, 0.3) is 0 Å². The van der Waals surface area contributed by atoms with Crippen LogP contribution in [0.4, 0.5) is 0 Å². The van der Waals surface area contributed by atoms with Crippen molar-refractivity contribution in [1.29, 1.82) is 0 Å². The summed E-state index contributed by atoms with van der Waals surface area (Å²) in [4.78, 5) is 0. The standard InChI is InChI=1S/C27H41ClSi/c1-3-4-5-6-7-8-9-10-11-12-13-15-18-25-21-23-27(24-22-25)29(2,28)26-19-16-14-17-20-26/h14,16-17,19-24H,3-13,15,18H2,1-2H3. The van der Waals surface area contributed by atoms with E-state index in [0.29, 0.717) is 0 Å². The summed E-state index contributed by atoms with van der Waals surface area (Å²) in [5, 5.41) is 2.60. The van der Waals surface area contributed by atoms with Gasteiger partial charge < -0.3 is 0 Å². The fraction of sp³-hybridized carbons (Fsp3) is 0.556. The predicted octanol–water partition coefficient (Wildman–Crippen LogP) is 7.86. The Morgan fingerprint density at radius 2 is 1.03 bits per heavy atom. The zero-order chi connectivity index (χ0) is 20.8. The highest BCUT2D eigenvalue weighted by Gasteiger charge is 2.29. The van der Waals surface area contributed by atoms with E-state index in [9.17, 15) is 0 Å². The minimum atomic E-state index is -2.08. The number of hydrogen-bond acceptors (Lipinski definition) is 0. The summed E-state index contributed by atoms with van der Waals surface area (Å²) >= 11 is 7.01. The lowest BCUT2D eigenvalue weighted by molar-refractivity contribution is 0.544. The van der Waals surface area contributed by atoms with Gasteiger partial charge in [0.15, 0.2) is 0 Å². The van der Waals surface area contributed by atoms with E-state index in [1.54, 1.807) is 0 Å². The summed E-state index contributed by atoms with van der Waals surface area (Å²) in [6.07, 6.45) is 18.1. The Balaban J connectivity index is 1.58. The average Bonchev–Trinajstić information content (AvgIpc) is 2.75. The number of rotatable bonds is 15. The first-order valence-corrected chi connectivity index (χ1v) is 15.5. The molecule has 0 heterocycles. The van der Waals surface area contributed by atoms with Gasteiger partial charge in [0.2, 0.25) is 7.38 Å². The van der Waals surface area contributed by atoms with Gasteiger partial charge in [-0.1, -0.05) is 132 Å². The van der Waals surface area contributed by atoms with Gasteiger partial charge in [0.05, 0.1) is 0 Å². The molecular weight excluding hydrogens is 388 g/mol. The van der Waals surface area contributed by atoms with Crippen molar-refractivity contribution >= 4 is 28.8 Å². The molecular formula is C27H41ClSi. The molecule has 2 heteroatoms. The maximum atomic E-state index is 7.01. The van der Waals surface area contributed by atoms with Crippen molar-refractivity contribution in [1.82, 2.24) is 0 Å². The van der Waals surface area contributed by atoms with E-state index in [1.165, 1.54) is 99.4 Å². The molecule has 0 nitrogen and oxygen atoms in total. The molecule has 0 saturated heterocycles. The second-order valence-corrected chi connectivity index (χ2v) is 14.1. The Hall–Kier alpha value is -1.05. The molecule has 0 N–H and O–H groups in total. The fourth-order valence-corrected chi connectivity index (χ4v) is 6.77. The van der Waals surface area contributed by atoms with Crippen LogP contribution in [0.2, 0.25) is 6.55 Å². The lowest BCUT2D eigenvalue weighted by Crippen LogP contribution is -2.50. The topological polar surface area (TPSA) is 0 Å². The summed E-state index contributed by atoms with van der Waals surface area (Å²) in [5.41, 5.74) is 1.45. The van der Waals surface area contributed by atoms with Gasteiger partial charge in [0, 0.05) is 0 Å². The second-order valence-electron chi connectivity index (χ2n) is 8.71. The van der Waals surface area contributed by atoms with Crippen LogP contribution < -0.4 is 10.4 Å². The molecule has 0 aliphatic heterocycles. The molecule has 0 amide bonds. The molecule has 0 aromatic heterocycles. The van der Waals surface area contributed by atoms with Crippen molar-refractivity contribution in [2.24, 2.45) is 0 Å². The third kappa shape index (κ3) is 9.09. The van der Waals surface area contributed by atoms with Crippen molar-refractivity contribution in [3.05, 3.63) is 60.2 Å². The number of aryl methyl sites for hydroxylation is 1. The summed E-state index contributed by atoms with van der Waals surface area (Å²) < 4.78 is 0. The molecule has 0 aliphatic carbocycles. The first kappa shape index (κ1) is 24.2. The highest BCUT2D eigenvalue weighted by molar-refractivity contribution is 7.33. The summed E-state index contributed by atoms with van der Waals surface area (Å²) in [6, 6.07) is 19.7. The molecule has 0 spiro atoms. The van der Waals surface area contributed by atoms with E-state index in [0.717, 1.165) is 0 Å². The van der Waals surface area contributed by atoms with Crippen LogP contribution in [0.5, 0.6) is 0 Å². The lowest BCUT2D eigenvalue weighted by atomic mass is 10.0. The van der Waals surface area contributed by atoms with Crippen molar-refractivity contribution in [3.63, 3.8) is 0 Å². The van der Waals surface area contributed by atoms with E-state index >= 15 is 0 Å². The molecule has 0 saturated carbocycles. The molecule has 29 heavy (non-hydrogen) atoms. The van der Waals surface area contributed by atoms with Gasteiger partial charge in [-0.3, -0.25) is 0 Å². The maximum absolute atomic E-state index is 7.01. The van der Waals surface area contributed by atoms with Gasteiger partial charge in [-0.25, -0.2) is 0 Å². The third-order valence-corrected chi connectivity index (χ3v) is 10.3. The van der Waals surface area contributed by atoms with Crippen molar-refractivity contribution in [2.45, 2.75) is 96.9 Å². The Bertz CT molecular complexity index is 648. The zero-order valence-electron chi connectivity index (χ0n) is 18.8. The quantitative estimate of drug-likeness (QED) is 0.154. The van der Waals surface area contributed by atoms with Gasteiger partial charge in [-0.15, -0.1) is 0 Å². The first-order valence-electron chi connectivity index (χ1n) is 12.0. The largest absolute Gasteiger partial charge is 0.214 e. The van der Waals surface area contributed by atoms with Crippen molar-refractivity contribution < 1.29 is 0 Å². The van der Waals surface area contributed by atoms with Crippen LogP contribution in [-0.4, -0.2) is 7.38 Å². The fourth-order valence-electron chi connectivity index (χ4n) is 4.07. The molecule has 1 atom stereocenters. The third-order valence-electron chi connectivity index (χ3n) is 6.13. The minimum Gasteiger partial charge on any atom is -0.155 e. The summed E-state index contributed by atoms with van der Waals surface area (Å²) in [6.45, 7) is 4.52. The van der Waals surface area contributed by atoms with E-state index in [4.69, 9.17) is 11.1 Å². The summed E-state index contributed by atoms with van der Waals surface area (Å²) in [5.74, 6) is 0. The van der Waals surface area contributed by atoms with E-state index in [-0.39, 0.29) is 0 Å². The molecule has 2 rings (SSSR count). The lowest BCUT2D eigenvalue weighted by Gasteiger charge is -2.20. The maximum Gasteiger partial charge on any atom is 0.214 e. The predicted molar refractivity (Wildman–Crippen MR) is 134 cm³/mol. The molecule has 0 fully saturated rings. The minimum absolute atomic E-state index is 1.20. The molecule has 0 radical (unpaired) electrons. The van der Waals surface area contributed by atoms with Gasteiger partial charge in [-0.05, 0) is 35.3 Å². The number of unbranched alkanes of at least 4 members (excludes halogenated alkanes) is 11. The Morgan fingerprint density at radius 1 is 0.586 bits per heavy atom. The highest BCUT2D eigenvalue weighted by Crippen LogP contribution is 2.14. The highest BCUT2D eigenvalue weighted by atomic mass is 35.6. The average molecular weight is 429 g/mol. The van der Waals surface area contributed by atoms with E-state index < -0.39 is 7.38 Å². The number of benzene rings is 2. The number of hydrogen-bond donors (Lipinski definition) is 0. The van der Waals surface area contributed by atoms with Crippen LogP contribution >= 0.6 is 11.1 Å². The Kier molecular flexibility index (Phi) is 11.7. The van der Waals surface area contributed by atoms with E-state index in [1.807, 2.05) is 0 Å². The molecule has 0 aliphatic rings. The van der Waals surface area contributed by atoms with Crippen LogP contribution in [0.3, 0.4) is 0 Å². The smallest absolute Gasteiger partial charge is 0.155 e. The van der Waals surface area contributed by atoms with Crippen LogP contribution in [-0.2, 0) is 6.42 Å². The summed E-state index contributed by atoms with van der Waals surface area (Å²) in [7, 11) is -2.08. The van der Waals surface area contributed by atoms with Crippen molar-refractivity contribution in [3.8, 4) is 0 Å². The molecule has 0 bridgehead atoms. The van der Waals surface area contributed by atoms with Gasteiger partial charge in [0.1, 0.15) is 0 Å². The van der Waals surface area contributed by atoms with Crippen LogP contribution in [0.15, 0.2) is 54.6 Å². The molecule has 160 valence electrons. The van der Waals surface area contributed by atoms with Gasteiger partial charge >= 0.3 is 0 Å². The monoisotopic (exact) mass is 428 g/mol. The Morgan fingerprint density at radius 3 is 1.55 bits per heavy atom. The second kappa shape index (κ2) is 14.0. The first-order chi connectivity index (χ1) is 14.1.